The van der Waals surface area contributed by atoms with E-state index in [0.717, 1.165) is 28.7 Å². The summed E-state index contributed by atoms with van der Waals surface area (Å²) >= 11 is 0.818. The average Bonchev–Trinajstić information content (AvgIpc) is 3.26. The molecule has 0 aliphatic rings. The number of hydrogen-bond acceptors (Lipinski definition) is 9. The Hall–Kier alpha value is -2.32. The van der Waals surface area contributed by atoms with Crippen molar-refractivity contribution in [2.75, 3.05) is 25.4 Å². The Morgan fingerprint density at radius 1 is 1.05 bits per heavy atom. The summed E-state index contributed by atoms with van der Waals surface area (Å²) in [5.74, 6) is 0.630. The molecule has 0 aliphatic heterocycles. The highest BCUT2D eigenvalue weighted by atomic mass is 32.2. The van der Waals surface area contributed by atoms with Crippen molar-refractivity contribution in [3.8, 4) is 22.8 Å². The molecule has 12 heteroatoms. The highest BCUT2D eigenvalue weighted by molar-refractivity contribution is 7.94. The molecule has 0 unspecified atom stereocenters. The predicted octanol–water partition coefficient (Wildman–Crippen LogP) is 2.01. The van der Waals surface area contributed by atoms with Crippen LogP contribution in [-0.4, -0.2) is 43.3 Å². The molecule has 37 heavy (non-hydrogen) atoms. The topological polar surface area (TPSA) is 133 Å². The molecule has 10 nitrogen and oxygen atoms in total. The first-order valence-electron chi connectivity index (χ1n) is 12.1. The maximum absolute atomic E-state index is 10.7. The van der Waals surface area contributed by atoms with Gasteiger partial charge < -0.3 is 19.1 Å². The smallest absolute Gasteiger partial charge is 0.227 e. The van der Waals surface area contributed by atoms with E-state index < -0.39 is 15.9 Å². The van der Waals surface area contributed by atoms with Crippen molar-refractivity contribution in [2.24, 2.45) is 0 Å². The third-order valence-electron chi connectivity index (χ3n) is 5.85. The highest BCUT2D eigenvalue weighted by Gasteiger charge is 2.16. The minimum Gasteiger partial charge on any atom is -0.748 e. The summed E-state index contributed by atoms with van der Waals surface area (Å²) < 4.78 is 44.2. The Morgan fingerprint density at radius 3 is 2.24 bits per heavy atom. The van der Waals surface area contributed by atoms with E-state index in [1.165, 1.54) is 19.6 Å². The Kier molecular flexibility index (Phi) is 12.7. The van der Waals surface area contributed by atoms with Crippen LogP contribution in [-0.2, 0) is 26.0 Å². The van der Waals surface area contributed by atoms with Crippen molar-refractivity contribution < 1.29 is 41.5 Å². The SMILES string of the molecule is CC[NH+](CC)CC.Cc1ccc(-c2oc(-c3cc[n+](CCCS(=O)(=O)[O-])cc3)nc2C)cc1SOO[O-]. The van der Waals surface area contributed by atoms with Crippen molar-refractivity contribution in [2.45, 2.75) is 52.5 Å². The summed E-state index contributed by atoms with van der Waals surface area (Å²) in [6.07, 6.45) is 3.78. The van der Waals surface area contributed by atoms with Crippen LogP contribution in [0, 0.1) is 13.8 Å². The van der Waals surface area contributed by atoms with Gasteiger partial charge in [0.25, 0.3) is 0 Å². The number of hydrogen-bond donors (Lipinski definition) is 1. The zero-order valence-corrected chi connectivity index (χ0v) is 23.5. The van der Waals surface area contributed by atoms with Crippen LogP contribution in [0.2, 0.25) is 0 Å². The number of aromatic nitrogens is 2. The number of aryl methyl sites for hydroxylation is 3. The van der Waals surface area contributed by atoms with Gasteiger partial charge in [-0.25, -0.2) is 18.0 Å². The van der Waals surface area contributed by atoms with Crippen molar-refractivity contribution >= 4 is 22.2 Å². The second-order valence-corrected chi connectivity index (χ2v) is 10.7. The molecule has 0 amide bonds. The molecule has 0 radical (unpaired) electrons. The van der Waals surface area contributed by atoms with Gasteiger partial charge in [-0.1, -0.05) is 12.1 Å². The molecular weight excluding hydrogens is 518 g/mol. The van der Waals surface area contributed by atoms with Gasteiger partial charge in [-0.2, -0.15) is 4.33 Å². The number of rotatable bonds is 12. The molecule has 2 aromatic heterocycles. The van der Waals surface area contributed by atoms with E-state index >= 15 is 0 Å². The van der Waals surface area contributed by atoms with Crippen molar-refractivity contribution in [1.82, 2.24) is 4.98 Å². The van der Waals surface area contributed by atoms with Crippen LogP contribution in [0.5, 0.6) is 0 Å². The number of pyridine rings is 1. The molecule has 1 aromatic carbocycles. The van der Waals surface area contributed by atoms with Gasteiger partial charge in [-0.3, -0.25) is 5.04 Å². The third-order valence-corrected chi connectivity index (χ3v) is 7.38. The molecule has 2 heterocycles. The molecule has 0 saturated heterocycles. The maximum Gasteiger partial charge on any atom is 0.227 e. The summed E-state index contributed by atoms with van der Waals surface area (Å²) in [6.45, 7) is 14.6. The number of quaternary nitrogens is 1. The Morgan fingerprint density at radius 2 is 1.70 bits per heavy atom. The molecule has 3 aromatic rings. The third kappa shape index (κ3) is 10.2. The normalized spacial score (nSPS) is 11.5. The summed E-state index contributed by atoms with van der Waals surface area (Å²) in [6, 6.07) is 9.19. The number of nitrogens with zero attached hydrogens (tertiary/aromatic N) is 2. The van der Waals surface area contributed by atoms with E-state index in [-0.39, 0.29) is 6.42 Å². The van der Waals surface area contributed by atoms with Gasteiger partial charge in [-0.05, 0) is 46.2 Å². The van der Waals surface area contributed by atoms with Crippen molar-refractivity contribution in [1.29, 1.82) is 0 Å². The Labute approximate surface area is 223 Å². The lowest BCUT2D eigenvalue weighted by atomic mass is 10.1. The fourth-order valence-electron chi connectivity index (χ4n) is 3.59. The molecule has 0 saturated carbocycles. The first kappa shape index (κ1) is 30.9. The first-order valence-corrected chi connectivity index (χ1v) is 14.4. The van der Waals surface area contributed by atoms with E-state index in [2.05, 4.69) is 35.1 Å². The van der Waals surface area contributed by atoms with Crippen LogP contribution in [0.3, 0.4) is 0 Å². The van der Waals surface area contributed by atoms with Crippen molar-refractivity contribution in [3.05, 3.63) is 54.0 Å². The lowest BCUT2D eigenvalue weighted by molar-refractivity contribution is -0.894. The minimum atomic E-state index is -4.21. The van der Waals surface area contributed by atoms with Crippen LogP contribution >= 0.6 is 12.0 Å². The largest absolute Gasteiger partial charge is 0.748 e. The minimum absolute atomic E-state index is 0.243. The Bertz CT molecular complexity index is 1210. The van der Waals surface area contributed by atoms with E-state index in [1.807, 2.05) is 32.0 Å². The van der Waals surface area contributed by atoms with Crippen LogP contribution in [0.4, 0.5) is 0 Å². The maximum atomic E-state index is 10.7. The lowest BCUT2D eigenvalue weighted by Gasteiger charge is -2.10. The second-order valence-electron chi connectivity index (χ2n) is 8.38. The molecule has 1 N–H and O–H groups in total. The van der Waals surface area contributed by atoms with Crippen LogP contribution in [0.15, 0.2) is 52.0 Å². The van der Waals surface area contributed by atoms with Gasteiger partial charge in [0.1, 0.15) is 6.54 Å². The van der Waals surface area contributed by atoms with E-state index in [1.54, 1.807) is 34.0 Å². The quantitative estimate of drug-likeness (QED) is 0.118. The molecule has 0 aliphatic carbocycles. The average molecular weight is 554 g/mol. The zero-order chi connectivity index (χ0) is 27.4. The standard InChI is InChI=1S/C19H20N2O7S2.C6H15N/c1-13-4-5-16(12-17(13)29-28-27-22)18-14(2)20-19(26-18)15-6-9-21(10-7-15)8-3-11-30(23,24)25;1-4-7(5-2)6-3/h4-7,9-10,12H,3,8,11H2,1-2H3,(H-,22,23,24,25);4-6H2,1-3H3. The highest BCUT2D eigenvalue weighted by Crippen LogP contribution is 2.33. The molecule has 0 spiro atoms. The molecule has 3 rings (SSSR count). The molecule has 204 valence electrons. The van der Waals surface area contributed by atoms with Gasteiger partial charge in [-0.15, -0.1) is 0 Å². The van der Waals surface area contributed by atoms with E-state index in [9.17, 15) is 18.2 Å². The van der Waals surface area contributed by atoms with Crippen molar-refractivity contribution in [3.63, 3.8) is 0 Å². The number of benzene rings is 1. The first-order chi connectivity index (χ1) is 17.6. The predicted molar refractivity (Wildman–Crippen MR) is 137 cm³/mol. The molecular formula is C25H35N3O7S2. The lowest BCUT2D eigenvalue weighted by Crippen LogP contribution is -3.11. The second kappa shape index (κ2) is 15.2. The van der Waals surface area contributed by atoms with Crippen LogP contribution in [0.25, 0.3) is 22.8 Å². The Balaban J connectivity index is 0.000000604. The fraction of sp³-hybridized carbons (Fsp3) is 0.440. The van der Waals surface area contributed by atoms with Gasteiger partial charge in [0.15, 0.2) is 18.2 Å². The van der Waals surface area contributed by atoms with Gasteiger partial charge >= 0.3 is 0 Å². The molecule has 0 atom stereocenters. The van der Waals surface area contributed by atoms with Crippen LogP contribution < -0.4 is 14.7 Å². The number of nitrogens with one attached hydrogen (secondary N) is 1. The van der Waals surface area contributed by atoms with Crippen LogP contribution in [0.1, 0.15) is 38.4 Å². The van der Waals surface area contributed by atoms with Gasteiger partial charge in [0.05, 0.1) is 47.5 Å². The number of oxazole rings is 1. The summed E-state index contributed by atoms with van der Waals surface area (Å²) in [5.41, 5.74) is 3.14. The van der Waals surface area contributed by atoms with Gasteiger partial charge in [0.2, 0.25) is 5.89 Å². The fourth-order valence-corrected chi connectivity index (χ4v) is 4.55. The van der Waals surface area contributed by atoms with E-state index in [4.69, 9.17) is 4.42 Å². The summed E-state index contributed by atoms with van der Waals surface area (Å²) in [5, 5.41) is 13.5. The zero-order valence-electron chi connectivity index (χ0n) is 21.9. The monoisotopic (exact) mass is 553 g/mol. The molecule has 0 bridgehead atoms. The van der Waals surface area contributed by atoms with E-state index in [0.29, 0.717) is 28.8 Å². The summed E-state index contributed by atoms with van der Waals surface area (Å²) in [4.78, 5) is 6.88. The summed E-state index contributed by atoms with van der Waals surface area (Å²) in [7, 11) is -4.21. The molecule has 0 fully saturated rings. The van der Waals surface area contributed by atoms with Gasteiger partial charge in [0, 0.05) is 40.3 Å².